The summed E-state index contributed by atoms with van der Waals surface area (Å²) in [5.74, 6) is 0.932. The van der Waals surface area contributed by atoms with Crippen molar-refractivity contribution in [3.05, 3.63) is 34.3 Å². The summed E-state index contributed by atoms with van der Waals surface area (Å²) in [6.45, 7) is 2.25. The van der Waals surface area contributed by atoms with Gasteiger partial charge in [-0.15, -0.1) is 0 Å². The molecule has 1 aliphatic carbocycles. The Labute approximate surface area is 123 Å². The third-order valence-corrected chi connectivity index (χ3v) is 4.73. The van der Waals surface area contributed by atoms with Gasteiger partial charge < -0.3 is 4.74 Å². The molecule has 0 aromatic heterocycles. The molecule has 0 amide bonds. The van der Waals surface area contributed by atoms with Crippen molar-refractivity contribution in [2.45, 2.75) is 44.6 Å². The highest BCUT2D eigenvalue weighted by atomic mass is 79.9. The van der Waals surface area contributed by atoms with Crippen LogP contribution in [0, 0.1) is 5.92 Å². The van der Waals surface area contributed by atoms with Gasteiger partial charge in [-0.05, 0) is 49.3 Å². The Morgan fingerprint density at radius 1 is 1.42 bits per heavy atom. The molecule has 1 aliphatic rings. The lowest BCUT2D eigenvalue weighted by atomic mass is 9.76. The second kappa shape index (κ2) is 6.19. The zero-order chi connectivity index (χ0) is 13.9. The van der Waals surface area contributed by atoms with E-state index in [4.69, 9.17) is 4.74 Å². The van der Waals surface area contributed by atoms with Gasteiger partial charge in [-0.1, -0.05) is 35.0 Å². The Hall–Kier alpha value is -0.670. The van der Waals surface area contributed by atoms with Crippen LogP contribution in [-0.2, 0) is 16.0 Å². The van der Waals surface area contributed by atoms with Crippen molar-refractivity contribution in [2.75, 3.05) is 7.11 Å². The second-order valence-corrected chi connectivity index (χ2v) is 6.53. The Bertz CT molecular complexity index is 448. The molecule has 104 valence electrons. The molecule has 0 aliphatic heterocycles. The first-order chi connectivity index (χ1) is 9.05. The van der Waals surface area contributed by atoms with Crippen molar-refractivity contribution in [2.24, 2.45) is 5.92 Å². The Balaban J connectivity index is 2.09. The van der Waals surface area contributed by atoms with Gasteiger partial charge in [-0.3, -0.25) is 4.79 Å². The first kappa shape index (κ1) is 14.7. The summed E-state index contributed by atoms with van der Waals surface area (Å²) in [6, 6.07) is 7.95. The Morgan fingerprint density at radius 3 is 2.68 bits per heavy atom. The highest BCUT2D eigenvalue weighted by Crippen LogP contribution is 2.35. The lowest BCUT2D eigenvalue weighted by Gasteiger charge is -2.37. The third kappa shape index (κ3) is 3.46. The number of hydrogen-bond acceptors (Lipinski definition) is 2. The van der Waals surface area contributed by atoms with E-state index < -0.39 is 5.60 Å². The summed E-state index contributed by atoms with van der Waals surface area (Å²) in [7, 11) is 1.68. The second-order valence-electron chi connectivity index (χ2n) is 5.61. The van der Waals surface area contributed by atoms with E-state index in [1.807, 2.05) is 24.3 Å². The average molecular weight is 325 g/mol. The van der Waals surface area contributed by atoms with E-state index in [2.05, 4.69) is 22.9 Å². The van der Waals surface area contributed by atoms with Gasteiger partial charge in [0.05, 0.1) is 0 Å². The van der Waals surface area contributed by atoms with Crippen LogP contribution in [0.1, 0.15) is 38.2 Å². The molecule has 0 bridgehead atoms. The molecule has 19 heavy (non-hydrogen) atoms. The van der Waals surface area contributed by atoms with Crippen LogP contribution in [0.15, 0.2) is 28.7 Å². The van der Waals surface area contributed by atoms with Crippen LogP contribution in [0.5, 0.6) is 0 Å². The average Bonchev–Trinajstić information content (AvgIpc) is 2.40. The maximum absolute atomic E-state index is 12.6. The normalized spacial score (nSPS) is 27.2. The third-order valence-electron chi connectivity index (χ3n) is 4.23. The summed E-state index contributed by atoms with van der Waals surface area (Å²) >= 11 is 3.44. The van der Waals surface area contributed by atoms with Crippen molar-refractivity contribution in [3.63, 3.8) is 0 Å². The first-order valence-electron chi connectivity index (χ1n) is 6.88. The largest absolute Gasteiger partial charge is 0.370 e. The minimum Gasteiger partial charge on any atom is -0.370 e. The van der Waals surface area contributed by atoms with Gasteiger partial charge in [-0.2, -0.15) is 0 Å². The molecule has 1 saturated carbocycles. The number of Topliss-reactive ketones (excluding diaryl/α,β-unsaturated/α-hetero) is 1. The van der Waals surface area contributed by atoms with Gasteiger partial charge in [0.1, 0.15) is 5.60 Å². The highest BCUT2D eigenvalue weighted by Gasteiger charge is 2.40. The van der Waals surface area contributed by atoms with E-state index in [9.17, 15) is 4.79 Å². The van der Waals surface area contributed by atoms with Crippen molar-refractivity contribution < 1.29 is 9.53 Å². The van der Waals surface area contributed by atoms with Gasteiger partial charge in [0.2, 0.25) is 0 Å². The molecule has 0 spiro atoms. The maximum atomic E-state index is 12.6. The van der Waals surface area contributed by atoms with E-state index in [0.717, 1.165) is 35.7 Å². The molecule has 0 saturated heterocycles. The van der Waals surface area contributed by atoms with E-state index in [1.54, 1.807) is 7.11 Å². The summed E-state index contributed by atoms with van der Waals surface area (Å²) in [6.07, 6.45) is 4.34. The minimum absolute atomic E-state index is 0.222. The fourth-order valence-electron chi connectivity index (χ4n) is 2.82. The molecular formula is C16H21BrO2. The van der Waals surface area contributed by atoms with Crippen LogP contribution in [0.4, 0.5) is 0 Å². The summed E-state index contributed by atoms with van der Waals surface area (Å²) in [5, 5.41) is 0. The number of rotatable bonds is 4. The molecular weight excluding hydrogens is 304 g/mol. The molecule has 0 atom stereocenters. The highest BCUT2D eigenvalue weighted by molar-refractivity contribution is 9.10. The first-order valence-corrected chi connectivity index (χ1v) is 7.68. The minimum atomic E-state index is -0.547. The molecule has 1 aromatic carbocycles. The van der Waals surface area contributed by atoms with E-state index in [-0.39, 0.29) is 5.78 Å². The number of benzene rings is 1. The lowest BCUT2D eigenvalue weighted by Crippen LogP contribution is -2.44. The maximum Gasteiger partial charge on any atom is 0.168 e. The van der Waals surface area contributed by atoms with Crippen molar-refractivity contribution in [1.29, 1.82) is 0 Å². The predicted molar refractivity (Wildman–Crippen MR) is 80.2 cm³/mol. The molecule has 1 fully saturated rings. The molecule has 0 radical (unpaired) electrons. The van der Waals surface area contributed by atoms with Gasteiger partial charge in [-0.25, -0.2) is 0 Å². The molecule has 0 heterocycles. The summed E-state index contributed by atoms with van der Waals surface area (Å²) in [4.78, 5) is 12.6. The van der Waals surface area contributed by atoms with Gasteiger partial charge in [0.15, 0.2) is 5.78 Å². The number of methoxy groups -OCH3 is 1. The van der Waals surface area contributed by atoms with E-state index >= 15 is 0 Å². The number of hydrogen-bond donors (Lipinski definition) is 0. The molecule has 3 heteroatoms. The van der Waals surface area contributed by atoms with Gasteiger partial charge >= 0.3 is 0 Å². The van der Waals surface area contributed by atoms with Crippen molar-refractivity contribution in [3.8, 4) is 0 Å². The molecule has 0 unspecified atom stereocenters. The monoisotopic (exact) mass is 324 g/mol. The smallest absolute Gasteiger partial charge is 0.168 e. The van der Waals surface area contributed by atoms with Gasteiger partial charge in [0.25, 0.3) is 0 Å². The molecule has 1 aromatic rings. The zero-order valence-electron chi connectivity index (χ0n) is 11.6. The quantitative estimate of drug-likeness (QED) is 0.831. The SMILES string of the molecule is COC1(C(=O)Cc2cccc(Br)c2)CCC(C)CC1. The van der Waals surface area contributed by atoms with Crippen molar-refractivity contribution in [1.82, 2.24) is 0 Å². The predicted octanol–water partition coefficient (Wildman–Crippen LogP) is 4.16. The summed E-state index contributed by atoms with van der Waals surface area (Å²) < 4.78 is 6.65. The number of carbonyl (C=O) groups excluding carboxylic acids is 1. The topological polar surface area (TPSA) is 26.3 Å². The number of carbonyl (C=O) groups is 1. The zero-order valence-corrected chi connectivity index (χ0v) is 13.2. The molecule has 2 rings (SSSR count). The van der Waals surface area contributed by atoms with Crippen LogP contribution in [0.2, 0.25) is 0 Å². The fourth-order valence-corrected chi connectivity index (χ4v) is 3.27. The summed E-state index contributed by atoms with van der Waals surface area (Å²) in [5.41, 5.74) is 0.504. The van der Waals surface area contributed by atoms with Crippen LogP contribution in [0.25, 0.3) is 0 Å². The Morgan fingerprint density at radius 2 is 2.11 bits per heavy atom. The number of ether oxygens (including phenoxy) is 1. The Kier molecular flexibility index (Phi) is 4.80. The number of ketones is 1. The van der Waals surface area contributed by atoms with Crippen LogP contribution < -0.4 is 0 Å². The van der Waals surface area contributed by atoms with Crippen LogP contribution in [-0.4, -0.2) is 18.5 Å². The lowest BCUT2D eigenvalue weighted by molar-refractivity contribution is -0.145. The van der Waals surface area contributed by atoms with E-state index in [1.165, 1.54) is 0 Å². The standard InChI is InChI=1S/C16H21BrO2/c1-12-6-8-16(19-2,9-7-12)15(18)11-13-4-3-5-14(17)10-13/h3-5,10,12H,6-9,11H2,1-2H3. The molecule has 0 N–H and O–H groups in total. The van der Waals surface area contributed by atoms with E-state index in [0.29, 0.717) is 12.3 Å². The van der Waals surface area contributed by atoms with Gasteiger partial charge in [0, 0.05) is 18.0 Å². The fraction of sp³-hybridized carbons (Fsp3) is 0.562. The van der Waals surface area contributed by atoms with Crippen LogP contribution in [0.3, 0.4) is 0 Å². The van der Waals surface area contributed by atoms with Crippen LogP contribution >= 0.6 is 15.9 Å². The number of halogens is 1. The van der Waals surface area contributed by atoms with Crippen molar-refractivity contribution >= 4 is 21.7 Å². The molecule has 2 nitrogen and oxygen atoms in total.